The summed E-state index contributed by atoms with van der Waals surface area (Å²) in [5.74, 6) is 0.714. The number of sulfonamides is 1. The first kappa shape index (κ1) is 22.9. The number of hydrogen-bond acceptors (Lipinski definition) is 6. The first-order valence-electron chi connectivity index (χ1n) is 9.49. The molecule has 0 aliphatic carbocycles. The predicted molar refractivity (Wildman–Crippen MR) is 113 cm³/mol. The number of hydrogen-bond donors (Lipinski definition) is 0. The van der Waals surface area contributed by atoms with Crippen LogP contribution in [0.4, 0.5) is 0 Å². The van der Waals surface area contributed by atoms with E-state index in [2.05, 4.69) is 5.16 Å². The van der Waals surface area contributed by atoms with E-state index in [4.69, 9.17) is 32.5 Å². The zero-order valence-electron chi connectivity index (χ0n) is 16.7. The van der Waals surface area contributed by atoms with E-state index in [1.54, 1.807) is 36.9 Å². The molecular weight excluding hydrogens is 453 g/mol. The number of carbonyl (C=O) groups excluding carboxylic acids is 1. The topological polar surface area (TPSA) is 93.0 Å². The SMILES string of the molecule is Cc1noc(C)c1S(=O)(=O)N1CCN(C(=O)CCCOc2cccc(Cl)c2Cl)CC1. The molecule has 0 saturated carbocycles. The minimum absolute atomic E-state index is 0.0369. The maximum absolute atomic E-state index is 12.8. The molecule has 11 heteroatoms. The van der Waals surface area contributed by atoms with Crippen LogP contribution in [0, 0.1) is 13.8 Å². The first-order chi connectivity index (χ1) is 14.2. The smallest absolute Gasteiger partial charge is 0.248 e. The zero-order valence-corrected chi connectivity index (χ0v) is 19.1. The van der Waals surface area contributed by atoms with Gasteiger partial charge < -0.3 is 14.2 Å². The molecule has 3 rings (SSSR count). The molecule has 0 atom stereocenters. The molecule has 1 aromatic carbocycles. The third-order valence-corrected chi connectivity index (χ3v) is 7.81. The molecule has 1 aliphatic heterocycles. The summed E-state index contributed by atoms with van der Waals surface area (Å²) in [5, 5.41) is 4.48. The number of rotatable bonds is 7. The molecule has 0 radical (unpaired) electrons. The van der Waals surface area contributed by atoms with E-state index in [1.807, 2.05) is 0 Å². The fourth-order valence-electron chi connectivity index (χ4n) is 3.31. The van der Waals surface area contributed by atoms with Crippen molar-refractivity contribution in [1.29, 1.82) is 0 Å². The minimum atomic E-state index is -3.69. The summed E-state index contributed by atoms with van der Waals surface area (Å²) in [4.78, 5) is 14.2. The molecule has 1 amide bonds. The molecule has 0 N–H and O–H groups in total. The van der Waals surface area contributed by atoms with Crippen LogP contribution >= 0.6 is 23.2 Å². The number of carbonyl (C=O) groups is 1. The van der Waals surface area contributed by atoms with Gasteiger partial charge in [0.15, 0.2) is 5.76 Å². The van der Waals surface area contributed by atoms with Crippen molar-refractivity contribution in [2.75, 3.05) is 32.8 Å². The standard InChI is InChI=1S/C19H23Cl2N3O5S/c1-13-19(14(2)29-22-13)30(26,27)24-10-8-23(9-11-24)17(25)7-4-12-28-16-6-3-5-15(20)18(16)21/h3,5-6H,4,7-12H2,1-2H3. The summed E-state index contributed by atoms with van der Waals surface area (Å²) < 4.78 is 37.6. The molecular formula is C19H23Cl2N3O5S. The highest BCUT2D eigenvalue weighted by molar-refractivity contribution is 7.89. The Labute approximate surface area is 185 Å². The monoisotopic (exact) mass is 475 g/mol. The van der Waals surface area contributed by atoms with Crippen molar-refractivity contribution >= 4 is 39.1 Å². The van der Waals surface area contributed by atoms with Gasteiger partial charge in [0.1, 0.15) is 21.4 Å². The quantitative estimate of drug-likeness (QED) is 0.570. The number of nitrogens with zero attached hydrogens (tertiary/aromatic N) is 3. The lowest BCUT2D eigenvalue weighted by molar-refractivity contribution is -0.132. The number of ether oxygens (including phenoxy) is 1. The van der Waals surface area contributed by atoms with Crippen LogP contribution in [0.5, 0.6) is 5.75 Å². The largest absolute Gasteiger partial charge is 0.492 e. The Kier molecular flexibility index (Phi) is 7.28. The second-order valence-electron chi connectivity index (χ2n) is 6.94. The van der Waals surface area contributed by atoms with Crippen molar-refractivity contribution in [2.24, 2.45) is 0 Å². The predicted octanol–water partition coefficient (Wildman–Crippen LogP) is 3.29. The van der Waals surface area contributed by atoms with Gasteiger partial charge in [0.2, 0.25) is 15.9 Å². The fraction of sp³-hybridized carbons (Fsp3) is 0.474. The summed E-state index contributed by atoms with van der Waals surface area (Å²) in [7, 11) is -3.69. The molecule has 164 valence electrons. The molecule has 1 aromatic heterocycles. The van der Waals surface area contributed by atoms with Gasteiger partial charge in [-0.1, -0.05) is 34.4 Å². The van der Waals surface area contributed by atoms with E-state index in [1.165, 1.54) is 4.31 Å². The number of piperazine rings is 1. The number of benzene rings is 1. The van der Waals surface area contributed by atoms with Crippen molar-refractivity contribution < 1.29 is 22.5 Å². The summed E-state index contributed by atoms with van der Waals surface area (Å²) in [6.45, 7) is 4.63. The van der Waals surface area contributed by atoms with Crippen LogP contribution in [0.25, 0.3) is 0 Å². The van der Waals surface area contributed by atoms with E-state index < -0.39 is 10.0 Å². The highest BCUT2D eigenvalue weighted by atomic mass is 35.5. The van der Waals surface area contributed by atoms with E-state index in [9.17, 15) is 13.2 Å². The normalized spacial score (nSPS) is 15.4. The van der Waals surface area contributed by atoms with Gasteiger partial charge in [-0.3, -0.25) is 4.79 Å². The van der Waals surface area contributed by atoms with E-state index >= 15 is 0 Å². The van der Waals surface area contributed by atoms with E-state index in [0.29, 0.717) is 54.0 Å². The summed E-state index contributed by atoms with van der Waals surface area (Å²) in [6, 6.07) is 5.13. The Morgan fingerprint density at radius 3 is 2.53 bits per heavy atom. The van der Waals surface area contributed by atoms with Gasteiger partial charge in [0.05, 0.1) is 11.6 Å². The number of aromatic nitrogens is 1. The third kappa shape index (κ3) is 4.91. The van der Waals surface area contributed by atoms with Crippen molar-refractivity contribution in [3.63, 3.8) is 0 Å². The minimum Gasteiger partial charge on any atom is -0.492 e. The summed E-state index contributed by atoms with van der Waals surface area (Å²) >= 11 is 12.0. The summed E-state index contributed by atoms with van der Waals surface area (Å²) in [6.07, 6.45) is 0.814. The third-order valence-electron chi connectivity index (χ3n) is 4.87. The van der Waals surface area contributed by atoms with Gasteiger partial charge in [-0.15, -0.1) is 0 Å². The molecule has 8 nitrogen and oxygen atoms in total. The van der Waals surface area contributed by atoms with Gasteiger partial charge in [0, 0.05) is 32.6 Å². The van der Waals surface area contributed by atoms with Crippen molar-refractivity contribution in [2.45, 2.75) is 31.6 Å². The molecule has 1 fully saturated rings. The Bertz CT molecular complexity index is 998. The van der Waals surface area contributed by atoms with Crippen molar-refractivity contribution in [1.82, 2.24) is 14.4 Å². The van der Waals surface area contributed by atoms with Crippen LogP contribution < -0.4 is 4.74 Å². The van der Waals surface area contributed by atoms with E-state index in [0.717, 1.165) is 0 Å². The average molecular weight is 476 g/mol. The first-order valence-corrected chi connectivity index (χ1v) is 11.7. The number of aryl methyl sites for hydroxylation is 2. The zero-order chi connectivity index (χ0) is 21.9. The van der Waals surface area contributed by atoms with Crippen LogP contribution in [-0.4, -0.2) is 61.5 Å². The molecule has 2 heterocycles. The molecule has 1 saturated heterocycles. The molecule has 1 aliphatic rings. The molecule has 2 aromatic rings. The Morgan fingerprint density at radius 1 is 1.20 bits per heavy atom. The highest BCUT2D eigenvalue weighted by Crippen LogP contribution is 2.31. The van der Waals surface area contributed by atoms with Crippen LogP contribution in [0.2, 0.25) is 10.0 Å². The van der Waals surface area contributed by atoms with Crippen LogP contribution in [0.15, 0.2) is 27.6 Å². The average Bonchev–Trinajstić information content (AvgIpc) is 3.07. The molecule has 0 unspecified atom stereocenters. The van der Waals surface area contributed by atoms with Crippen LogP contribution in [0.3, 0.4) is 0 Å². The van der Waals surface area contributed by atoms with Gasteiger partial charge in [0.25, 0.3) is 0 Å². The lowest BCUT2D eigenvalue weighted by Crippen LogP contribution is -2.50. The molecule has 30 heavy (non-hydrogen) atoms. The maximum Gasteiger partial charge on any atom is 0.248 e. The Hall–Kier alpha value is -1.81. The van der Waals surface area contributed by atoms with Crippen molar-refractivity contribution in [3.8, 4) is 5.75 Å². The Morgan fingerprint density at radius 2 is 1.90 bits per heavy atom. The number of halogens is 2. The fourth-order valence-corrected chi connectivity index (χ4v) is 5.37. The van der Waals surface area contributed by atoms with Gasteiger partial charge in [-0.2, -0.15) is 4.31 Å². The second kappa shape index (κ2) is 9.55. The maximum atomic E-state index is 12.8. The number of amides is 1. The van der Waals surface area contributed by atoms with Crippen LogP contribution in [-0.2, 0) is 14.8 Å². The second-order valence-corrected chi connectivity index (χ2v) is 9.60. The van der Waals surface area contributed by atoms with Gasteiger partial charge >= 0.3 is 0 Å². The Balaban J connectivity index is 1.47. The van der Waals surface area contributed by atoms with Crippen molar-refractivity contribution in [3.05, 3.63) is 39.7 Å². The lowest BCUT2D eigenvalue weighted by atomic mass is 10.2. The lowest BCUT2D eigenvalue weighted by Gasteiger charge is -2.34. The van der Waals surface area contributed by atoms with Crippen LogP contribution in [0.1, 0.15) is 24.3 Å². The molecule has 0 spiro atoms. The van der Waals surface area contributed by atoms with E-state index in [-0.39, 0.29) is 29.7 Å². The molecule has 0 bridgehead atoms. The van der Waals surface area contributed by atoms with Gasteiger partial charge in [-0.25, -0.2) is 8.42 Å². The van der Waals surface area contributed by atoms with Gasteiger partial charge in [-0.05, 0) is 32.4 Å². The highest BCUT2D eigenvalue weighted by Gasteiger charge is 2.34. The summed E-state index contributed by atoms with van der Waals surface area (Å²) in [5.41, 5.74) is 0.339.